The maximum atomic E-state index is 14.3. The van der Waals surface area contributed by atoms with Crippen molar-refractivity contribution in [3.05, 3.63) is 24.3 Å². The topological polar surface area (TPSA) is 204 Å². The molecule has 4 amide bonds. The first-order chi connectivity index (χ1) is 23.6. The Labute approximate surface area is 294 Å². The van der Waals surface area contributed by atoms with Gasteiger partial charge >= 0.3 is 6.09 Å². The minimum absolute atomic E-state index is 0.128. The summed E-state index contributed by atoms with van der Waals surface area (Å²) in [5.41, 5.74) is -3.40. The number of likely N-dealkylation sites (tertiary alicyclic amines) is 1. The first-order valence-corrected chi connectivity index (χ1v) is 18.1. The van der Waals surface area contributed by atoms with Crippen molar-refractivity contribution in [3.8, 4) is 17.1 Å². The number of carbonyl (C=O) groups excluding carboxylic acids is 4. The zero-order valence-electron chi connectivity index (χ0n) is 29.5. The third kappa shape index (κ3) is 8.39. The molecule has 3 aliphatic rings. The molecule has 3 N–H and O–H groups in total. The van der Waals surface area contributed by atoms with E-state index in [9.17, 15) is 36.4 Å². The number of amides is 4. The maximum absolute atomic E-state index is 14.3. The number of nitrogens with one attached hydrogen (secondary N) is 3. The molecule has 0 bridgehead atoms. The van der Waals surface area contributed by atoms with Gasteiger partial charge in [-0.25, -0.2) is 22.0 Å². The summed E-state index contributed by atoms with van der Waals surface area (Å²) < 4.78 is 65.6. The second-order valence-electron chi connectivity index (χ2n) is 15.3. The number of hydrogen-bond acceptors (Lipinski definition) is 11. The van der Waals surface area contributed by atoms with Crippen LogP contribution >= 0.6 is 0 Å². The largest absolute Gasteiger partial charge is 0.497 e. The summed E-state index contributed by atoms with van der Waals surface area (Å²) in [7, 11) is -2.60. The van der Waals surface area contributed by atoms with E-state index in [0.29, 0.717) is 24.2 Å². The summed E-state index contributed by atoms with van der Waals surface area (Å²) in [5, 5.41) is 16.9. The van der Waals surface area contributed by atoms with Crippen LogP contribution in [0.5, 0.6) is 5.75 Å². The Bertz CT molecular complexity index is 1770. The van der Waals surface area contributed by atoms with Crippen LogP contribution in [0.15, 0.2) is 24.3 Å². The average Bonchev–Trinajstić information content (AvgIpc) is 3.91. The molecule has 19 heteroatoms. The molecular weight excluding hydrogens is 694 g/mol. The first kappa shape index (κ1) is 37.8. The molecule has 1 aromatic carbocycles. The SMILES string of the molecule is COc1ccc(-c2nnn([C@@H]3C[C@@H](C(=O)N[C@]4(C(=O)NS(=O)(=O)C5CC5)C[C@H]4C(F)F)N(C(=O)[C@@H](NC(=O)OC(C)(C)C)C(C)(C)C)C3)n2)cc1. The molecule has 2 heterocycles. The number of sulfonamides is 1. The van der Waals surface area contributed by atoms with Crippen LogP contribution in [0.4, 0.5) is 13.6 Å². The first-order valence-electron chi connectivity index (χ1n) is 16.6. The Balaban J connectivity index is 1.45. The fourth-order valence-electron chi connectivity index (χ4n) is 5.99. The van der Waals surface area contributed by atoms with E-state index in [1.165, 1.54) is 16.8 Å². The molecule has 5 rings (SSSR count). The molecule has 2 saturated carbocycles. The van der Waals surface area contributed by atoms with E-state index in [2.05, 4.69) is 26.0 Å². The van der Waals surface area contributed by atoms with E-state index in [4.69, 9.17) is 9.47 Å². The van der Waals surface area contributed by atoms with Crippen molar-refractivity contribution in [3.63, 3.8) is 0 Å². The third-order valence-corrected chi connectivity index (χ3v) is 10.8. The Kier molecular flexibility index (Phi) is 10.1. The van der Waals surface area contributed by atoms with Crippen LogP contribution in [0.25, 0.3) is 11.4 Å². The van der Waals surface area contributed by atoms with Crippen molar-refractivity contribution in [2.24, 2.45) is 11.3 Å². The standard InChI is InChI=1S/C32H44F2N8O8S/c1-30(2,3)23(35-29(46)50-31(4,5)6)27(44)41-16-18(42-38-25(37-40-42)17-8-10-19(49-7)11-9-17)14-22(41)26(43)36-32(15-21(32)24(33)34)28(45)39-51(47,48)20-12-13-20/h8-11,18,20-24H,12-16H2,1-7H3,(H,35,46)(H,36,43)(H,39,45)/t18-,21+,22+,23-,32-/m1/s1. The number of aromatic nitrogens is 4. The van der Waals surface area contributed by atoms with E-state index in [1.54, 1.807) is 65.8 Å². The number of nitrogens with zero attached hydrogens (tertiary/aromatic N) is 5. The van der Waals surface area contributed by atoms with Gasteiger partial charge in [0, 0.05) is 18.5 Å². The van der Waals surface area contributed by atoms with E-state index in [1.807, 2.05) is 4.72 Å². The van der Waals surface area contributed by atoms with Crippen molar-refractivity contribution in [2.45, 2.75) is 108 Å². The van der Waals surface area contributed by atoms with Gasteiger partial charge < -0.3 is 25.0 Å². The number of alkyl halides is 2. The number of tetrazole rings is 1. The second-order valence-corrected chi connectivity index (χ2v) is 17.2. The number of benzene rings is 1. The highest BCUT2D eigenvalue weighted by Crippen LogP contribution is 2.48. The molecule has 16 nitrogen and oxygen atoms in total. The Hall–Kier alpha value is -4.42. The zero-order valence-corrected chi connectivity index (χ0v) is 30.3. The summed E-state index contributed by atoms with van der Waals surface area (Å²) in [6.45, 7) is 9.91. The van der Waals surface area contributed by atoms with Crippen molar-refractivity contribution < 1.29 is 45.9 Å². The molecule has 0 radical (unpaired) electrons. The van der Waals surface area contributed by atoms with Gasteiger partial charge in [0.15, 0.2) is 0 Å². The van der Waals surface area contributed by atoms with Crippen LogP contribution in [0.3, 0.4) is 0 Å². The molecule has 2 aliphatic carbocycles. The predicted octanol–water partition coefficient (Wildman–Crippen LogP) is 2.18. The molecule has 280 valence electrons. The number of hydrogen-bond donors (Lipinski definition) is 3. The lowest BCUT2D eigenvalue weighted by Gasteiger charge is -2.36. The van der Waals surface area contributed by atoms with Gasteiger partial charge in [-0.15, -0.1) is 10.2 Å². The van der Waals surface area contributed by atoms with Gasteiger partial charge in [-0.1, -0.05) is 20.8 Å². The van der Waals surface area contributed by atoms with Gasteiger partial charge in [-0.3, -0.25) is 19.1 Å². The smallest absolute Gasteiger partial charge is 0.408 e. The van der Waals surface area contributed by atoms with E-state index in [0.717, 1.165) is 0 Å². The van der Waals surface area contributed by atoms with E-state index >= 15 is 0 Å². The summed E-state index contributed by atoms with van der Waals surface area (Å²) in [4.78, 5) is 57.0. The average molecular weight is 739 g/mol. The van der Waals surface area contributed by atoms with Crippen molar-refractivity contribution >= 4 is 33.8 Å². The van der Waals surface area contributed by atoms with Gasteiger partial charge in [-0.2, -0.15) is 4.80 Å². The maximum Gasteiger partial charge on any atom is 0.408 e. The number of rotatable bonds is 11. The summed E-state index contributed by atoms with van der Waals surface area (Å²) in [6.07, 6.45) is -3.91. The number of halogens is 2. The zero-order chi connectivity index (χ0) is 37.7. The number of ether oxygens (including phenoxy) is 2. The normalized spacial score (nSPS) is 24.1. The Morgan fingerprint density at radius 3 is 2.22 bits per heavy atom. The van der Waals surface area contributed by atoms with Gasteiger partial charge in [0.05, 0.1) is 24.3 Å². The molecule has 1 aromatic heterocycles. The van der Waals surface area contributed by atoms with Gasteiger partial charge in [0.25, 0.3) is 5.91 Å². The lowest BCUT2D eigenvalue weighted by Crippen LogP contribution is -2.60. The highest BCUT2D eigenvalue weighted by Gasteiger charge is 2.67. The number of methoxy groups -OCH3 is 1. The van der Waals surface area contributed by atoms with Crippen molar-refractivity contribution in [1.82, 2.24) is 40.5 Å². The van der Waals surface area contributed by atoms with Crippen LogP contribution in [0, 0.1) is 11.3 Å². The highest BCUT2D eigenvalue weighted by molar-refractivity contribution is 7.91. The van der Waals surface area contributed by atoms with Crippen LogP contribution in [-0.4, -0.2) is 106 Å². The van der Waals surface area contributed by atoms with Gasteiger partial charge in [-0.05, 0) is 74.9 Å². The molecule has 5 atom stereocenters. The molecular formula is C32H44F2N8O8S. The van der Waals surface area contributed by atoms with Crippen molar-refractivity contribution in [1.29, 1.82) is 0 Å². The lowest BCUT2D eigenvalue weighted by molar-refractivity contribution is -0.143. The number of alkyl carbamates (subject to hydrolysis) is 1. The monoisotopic (exact) mass is 738 g/mol. The van der Waals surface area contributed by atoms with Crippen LogP contribution < -0.4 is 20.1 Å². The number of carbonyl (C=O) groups is 4. The summed E-state index contributed by atoms with van der Waals surface area (Å²) in [5.74, 6) is -3.72. The van der Waals surface area contributed by atoms with Gasteiger partial charge in [0.1, 0.15) is 29.0 Å². The molecule has 0 spiro atoms. The quantitative estimate of drug-likeness (QED) is 0.305. The molecule has 0 unspecified atom stereocenters. The lowest BCUT2D eigenvalue weighted by atomic mass is 9.85. The highest BCUT2D eigenvalue weighted by atomic mass is 32.2. The van der Waals surface area contributed by atoms with E-state index in [-0.39, 0.29) is 18.8 Å². The van der Waals surface area contributed by atoms with E-state index < -0.39 is 92.5 Å². The molecule has 51 heavy (non-hydrogen) atoms. The third-order valence-electron chi connectivity index (χ3n) is 9.01. The van der Waals surface area contributed by atoms with Crippen LogP contribution in [-0.2, 0) is 29.1 Å². The Morgan fingerprint density at radius 2 is 1.69 bits per heavy atom. The fraction of sp³-hybridized carbons (Fsp3) is 0.656. The molecule has 1 saturated heterocycles. The van der Waals surface area contributed by atoms with Crippen LogP contribution in [0.1, 0.15) is 73.3 Å². The van der Waals surface area contributed by atoms with Crippen LogP contribution in [0.2, 0.25) is 0 Å². The fourth-order valence-corrected chi connectivity index (χ4v) is 7.35. The summed E-state index contributed by atoms with van der Waals surface area (Å²) >= 11 is 0. The summed E-state index contributed by atoms with van der Waals surface area (Å²) in [6, 6.07) is 3.52. The second kappa shape index (κ2) is 13.6. The predicted molar refractivity (Wildman–Crippen MR) is 177 cm³/mol. The van der Waals surface area contributed by atoms with Gasteiger partial charge in [0.2, 0.25) is 34.1 Å². The molecule has 1 aliphatic heterocycles. The van der Waals surface area contributed by atoms with Crippen molar-refractivity contribution in [2.75, 3.05) is 13.7 Å². The Morgan fingerprint density at radius 1 is 1.04 bits per heavy atom. The molecule has 3 fully saturated rings. The molecule has 2 aromatic rings. The minimum Gasteiger partial charge on any atom is -0.497 e. The minimum atomic E-state index is -4.13.